The highest BCUT2D eigenvalue weighted by atomic mass is 16.2. The van der Waals surface area contributed by atoms with E-state index in [9.17, 15) is 9.59 Å². The fourth-order valence-corrected chi connectivity index (χ4v) is 4.03. The number of nitrogens with two attached hydrogens (primary N) is 1. The summed E-state index contributed by atoms with van der Waals surface area (Å²) in [5.74, 6) is -0.221. The third-order valence-electron chi connectivity index (χ3n) is 5.77. The Kier molecular flexibility index (Phi) is 6.47. The first kappa shape index (κ1) is 20.1. The lowest BCUT2D eigenvalue weighted by Crippen LogP contribution is -2.36. The van der Waals surface area contributed by atoms with Gasteiger partial charge in [0.15, 0.2) is 0 Å². The maximum absolute atomic E-state index is 12.7. The van der Waals surface area contributed by atoms with Crippen LogP contribution in [-0.4, -0.2) is 18.4 Å². The summed E-state index contributed by atoms with van der Waals surface area (Å²) in [4.78, 5) is 25.3. The van der Waals surface area contributed by atoms with Gasteiger partial charge in [0.1, 0.15) is 0 Å². The van der Waals surface area contributed by atoms with Crippen molar-refractivity contribution in [2.75, 3.05) is 17.2 Å². The average Bonchev–Trinajstić information content (AvgIpc) is 2.71. The highest BCUT2D eigenvalue weighted by Crippen LogP contribution is 2.38. The fraction of sp³-hybridized carbons (Fsp3) is 0.391. The average molecular weight is 380 g/mol. The van der Waals surface area contributed by atoms with Gasteiger partial charge in [-0.2, -0.15) is 0 Å². The van der Waals surface area contributed by atoms with Gasteiger partial charge in [0.25, 0.3) is 5.91 Å². The second kappa shape index (κ2) is 9.02. The van der Waals surface area contributed by atoms with Gasteiger partial charge in [0.2, 0.25) is 5.91 Å². The summed E-state index contributed by atoms with van der Waals surface area (Å²) in [6, 6.07) is 14.7. The molecular weight excluding hydrogens is 350 g/mol. The first-order valence-electron chi connectivity index (χ1n) is 9.99. The van der Waals surface area contributed by atoms with Gasteiger partial charge < -0.3 is 16.4 Å². The van der Waals surface area contributed by atoms with E-state index in [0.717, 1.165) is 36.9 Å². The first-order chi connectivity index (χ1) is 13.5. The number of nitrogens with one attached hydrogen (secondary N) is 2. The Balaban J connectivity index is 1.70. The third kappa shape index (κ3) is 4.78. The van der Waals surface area contributed by atoms with Crippen molar-refractivity contribution in [1.82, 2.24) is 0 Å². The minimum atomic E-state index is -0.189. The van der Waals surface area contributed by atoms with E-state index in [1.807, 2.05) is 43.3 Å². The molecule has 0 unspecified atom stereocenters. The number of para-hydroxylation sites is 1. The van der Waals surface area contributed by atoms with Crippen LogP contribution < -0.4 is 16.4 Å². The molecular formula is C23H29N3O2. The molecule has 2 aromatic rings. The molecule has 0 radical (unpaired) electrons. The van der Waals surface area contributed by atoms with Crippen LogP contribution in [0.5, 0.6) is 0 Å². The number of carbonyl (C=O) groups is 2. The largest absolute Gasteiger partial charge is 0.330 e. The van der Waals surface area contributed by atoms with Gasteiger partial charge in [-0.15, -0.1) is 0 Å². The second-order valence-electron chi connectivity index (χ2n) is 7.79. The fourth-order valence-electron chi connectivity index (χ4n) is 4.03. The molecule has 1 aliphatic rings. The molecule has 5 heteroatoms. The van der Waals surface area contributed by atoms with Gasteiger partial charge in [-0.25, -0.2) is 0 Å². The predicted octanol–water partition coefficient (Wildman–Crippen LogP) is 4.49. The molecule has 28 heavy (non-hydrogen) atoms. The molecule has 3 rings (SSSR count). The van der Waals surface area contributed by atoms with E-state index in [4.69, 9.17) is 5.73 Å². The maximum Gasteiger partial charge on any atom is 0.256 e. The lowest BCUT2D eigenvalue weighted by Gasteiger charge is -2.35. The number of carbonyl (C=O) groups excluding carboxylic acids is 2. The van der Waals surface area contributed by atoms with E-state index in [-0.39, 0.29) is 17.2 Å². The van der Waals surface area contributed by atoms with Crippen molar-refractivity contribution in [3.05, 3.63) is 59.7 Å². The van der Waals surface area contributed by atoms with Gasteiger partial charge in [-0.3, -0.25) is 9.59 Å². The lowest BCUT2D eigenvalue weighted by atomic mass is 9.71. The monoisotopic (exact) mass is 379 g/mol. The van der Waals surface area contributed by atoms with Gasteiger partial charge in [-0.1, -0.05) is 43.5 Å². The molecule has 0 aliphatic heterocycles. The summed E-state index contributed by atoms with van der Waals surface area (Å²) >= 11 is 0. The molecule has 0 bridgehead atoms. The minimum absolute atomic E-state index is 0.0314. The highest BCUT2D eigenvalue weighted by molar-refractivity contribution is 6.06. The molecule has 0 spiro atoms. The topological polar surface area (TPSA) is 84.2 Å². The quantitative estimate of drug-likeness (QED) is 0.691. The van der Waals surface area contributed by atoms with Crippen LogP contribution in [0.4, 0.5) is 11.4 Å². The summed E-state index contributed by atoms with van der Waals surface area (Å²) in [5, 5.41) is 5.89. The molecule has 0 saturated heterocycles. The van der Waals surface area contributed by atoms with Gasteiger partial charge in [-0.05, 0) is 61.6 Å². The van der Waals surface area contributed by atoms with E-state index in [1.165, 1.54) is 6.42 Å². The Morgan fingerprint density at radius 3 is 2.36 bits per heavy atom. The van der Waals surface area contributed by atoms with E-state index >= 15 is 0 Å². The molecule has 2 amide bonds. The Morgan fingerprint density at radius 2 is 1.68 bits per heavy atom. The van der Waals surface area contributed by atoms with Crippen LogP contribution >= 0.6 is 0 Å². The molecule has 148 valence electrons. The summed E-state index contributed by atoms with van der Waals surface area (Å²) < 4.78 is 0. The summed E-state index contributed by atoms with van der Waals surface area (Å²) in [6.45, 7) is 2.40. The third-order valence-corrected chi connectivity index (χ3v) is 5.77. The van der Waals surface area contributed by atoms with E-state index < -0.39 is 0 Å². The number of anilines is 2. The molecule has 2 aromatic carbocycles. The number of hydrogen-bond donors (Lipinski definition) is 3. The van der Waals surface area contributed by atoms with Crippen LogP contribution in [0.25, 0.3) is 0 Å². The van der Waals surface area contributed by atoms with Gasteiger partial charge in [0, 0.05) is 23.4 Å². The van der Waals surface area contributed by atoms with E-state index in [2.05, 4.69) is 10.6 Å². The zero-order valence-electron chi connectivity index (χ0n) is 16.5. The summed E-state index contributed by atoms with van der Waals surface area (Å²) in [6.07, 6.45) is 5.95. The molecule has 1 aliphatic carbocycles. The van der Waals surface area contributed by atoms with Crippen LogP contribution in [0, 0.1) is 12.3 Å². The van der Waals surface area contributed by atoms with Gasteiger partial charge >= 0.3 is 0 Å². The SMILES string of the molecule is Cc1c(NC(=O)CC2(CN)CCCCC2)cccc1C(=O)Nc1ccccc1. The van der Waals surface area contributed by atoms with Crippen molar-refractivity contribution in [3.8, 4) is 0 Å². The highest BCUT2D eigenvalue weighted by Gasteiger charge is 2.33. The van der Waals surface area contributed by atoms with E-state index in [1.54, 1.807) is 12.1 Å². The molecule has 4 N–H and O–H groups in total. The standard InChI is InChI=1S/C23H29N3O2/c1-17-19(22(28)25-18-9-4-2-5-10-18)11-8-12-20(17)26-21(27)15-23(16-24)13-6-3-7-14-23/h2,4-5,8-12H,3,6-7,13-16,24H2,1H3,(H,25,28)(H,26,27). The summed E-state index contributed by atoms with van der Waals surface area (Å²) in [5.41, 5.74) is 8.65. The predicted molar refractivity (Wildman–Crippen MR) is 113 cm³/mol. The lowest BCUT2D eigenvalue weighted by molar-refractivity contribution is -0.118. The zero-order valence-corrected chi connectivity index (χ0v) is 16.5. The number of hydrogen-bond acceptors (Lipinski definition) is 3. The van der Waals surface area contributed by atoms with Crippen LogP contribution in [0.15, 0.2) is 48.5 Å². The number of rotatable bonds is 6. The number of benzene rings is 2. The molecule has 0 atom stereocenters. The number of amides is 2. The molecule has 5 nitrogen and oxygen atoms in total. The van der Waals surface area contributed by atoms with Crippen molar-refractivity contribution < 1.29 is 9.59 Å². The molecule has 0 heterocycles. The van der Waals surface area contributed by atoms with Crippen LogP contribution in [0.2, 0.25) is 0 Å². The van der Waals surface area contributed by atoms with Crippen molar-refractivity contribution in [1.29, 1.82) is 0 Å². The molecule has 1 saturated carbocycles. The Labute approximate surface area is 166 Å². The normalized spacial score (nSPS) is 15.6. The Bertz CT molecular complexity index is 827. The Morgan fingerprint density at radius 1 is 0.964 bits per heavy atom. The van der Waals surface area contributed by atoms with Crippen LogP contribution in [-0.2, 0) is 4.79 Å². The van der Waals surface area contributed by atoms with Crippen LogP contribution in [0.3, 0.4) is 0 Å². The second-order valence-corrected chi connectivity index (χ2v) is 7.79. The van der Waals surface area contributed by atoms with Crippen molar-refractivity contribution in [3.63, 3.8) is 0 Å². The van der Waals surface area contributed by atoms with Crippen molar-refractivity contribution in [2.24, 2.45) is 11.1 Å². The smallest absolute Gasteiger partial charge is 0.256 e. The van der Waals surface area contributed by atoms with Gasteiger partial charge in [0.05, 0.1) is 0 Å². The van der Waals surface area contributed by atoms with Crippen molar-refractivity contribution in [2.45, 2.75) is 45.4 Å². The van der Waals surface area contributed by atoms with Crippen molar-refractivity contribution >= 4 is 23.2 Å². The first-order valence-corrected chi connectivity index (χ1v) is 9.99. The zero-order chi connectivity index (χ0) is 20.0. The van der Waals surface area contributed by atoms with E-state index in [0.29, 0.717) is 24.2 Å². The Hall–Kier alpha value is -2.66. The van der Waals surface area contributed by atoms with Crippen LogP contribution in [0.1, 0.15) is 54.4 Å². The molecule has 1 fully saturated rings. The maximum atomic E-state index is 12.7. The summed E-state index contributed by atoms with van der Waals surface area (Å²) in [7, 11) is 0. The minimum Gasteiger partial charge on any atom is -0.330 e. The molecule has 0 aromatic heterocycles.